The first-order valence-corrected chi connectivity index (χ1v) is 11.4. The highest BCUT2D eigenvalue weighted by molar-refractivity contribution is 6.33. The average molecular weight is 476 g/mol. The van der Waals surface area contributed by atoms with Gasteiger partial charge in [-0.15, -0.1) is 0 Å². The van der Waals surface area contributed by atoms with Gasteiger partial charge in [0.05, 0.1) is 22.8 Å². The highest BCUT2D eigenvalue weighted by Gasteiger charge is 2.16. The van der Waals surface area contributed by atoms with E-state index in [0.29, 0.717) is 42.5 Å². The molecule has 0 aliphatic heterocycles. The minimum Gasteiger partial charge on any atom is -0.490 e. The molecule has 0 bridgehead atoms. The lowest BCUT2D eigenvalue weighted by Crippen LogP contribution is -2.25. The largest absolute Gasteiger partial charge is 0.490 e. The van der Waals surface area contributed by atoms with Crippen LogP contribution in [0, 0.1) is 6.92 Å². The monoisotopic (exact) mass is 475 g/mol. The van der Waals surface area contributed by atoms with Crippen molar-refractivity contribution >= 4 is 17.9 Å². The van der Waals surface area contributed by atoms with Crippen LogP contribution in [0.25, 0.3) is 5.69 Å². The molecule has 34 heavy (non-hydrogen) atoms. The van der Waals surface area contributed by atoms with Crippen molar-refractivity contribution in [2.45, 2.75) is 19.9 Å². The number of hydrogen-bond acceptors (Lipinski definition) is 6. The predicted octanol–water partition coefficient (Wildman–Crippen LogP) is 4.54. The maximum atomic E-state index is 11.8. The zero-order chi connectivity index (χ0) is 23.9. The van der Waals surface area contributed by atoms with Crippen LogP contribution in [0.15, 0.2) is 67.3 Å². The maximum Gasteiger partial charge on any atom is 0.153 e. The summed E-state index contributed by atoms with van der Waals surface area (Å²) in [5.41, 5.74) is 4.46. The van der Waals surface area contributed by atoms with E-state index in [1.54, 1.807) is 24.7 Å². The van der Waals surface area contributed by atoms with Crippen molar-refractivity contribution in [1.82, 2.24) is 24.6 Å². The van der Waals surface area contributed by atoms with Crippen LogP contribution in [0.4, 0.5) is 0 Å². The smallest absolute Gasteiger partial charge is 0.153 e. The topological polar surface area (TPSA) is 73.1 Å². The van der Waals surface area contributed by atoms with Gasteiger partial charge < -0.3 is 4.74 Å². The van der Waals surface area contributed by atoms with Crippen LogP contribution >= 0.6 is 11.6 Å². The molecule has 7 nitrogen and oxygen atoms in total. The standard InChI is InChI=1S/C26H26ClN5O2/c1-19-21(15-20-5-7-23(8-6-20)32-12-4-11-30-32)16-22(18-33)26(25(19)27)34-14-13-31(2)17-24-28-9-3-10-29-24/h3-12,16,18H,13-15,17H2,1-2H3. The number of aromatic nitrogens is 4. The fourth-order valence-corrected chi connectivity index (χ4v) is 3.95. The summed E-state index contributed by atoms with van der Waals surface area (Å²) in [7, 11) is 1.97. The Kier molecular flexibility index (Phi) is 7.67. The number of halogens is 1. The molecule has 0 unspecified atom stereocenters. The Hall–Kier alpha value is -3.55. The van der Waals surface area contributed by atoms with Gasteiger partial charge in [-0.25, -0.2) is 14.6 Å². The molecule has 8 heteroatoms. The Morgan fingerprint density at radius 3 is 2.56 bits per heavy atom. The predicted molar refractivity (Wildman–Crippen MR) is 132 cm³/mol. The highest BCUT2D eigenvalue weighted by atomic mass is 35.5. The summed E-state index contributed by atoms with van der Waals surface area (Å²) in [6.45, 7) is 3.58. The van der Waals surface area contributed by atoms with Gasteiger partial charge in [-0.1, -0.05) is 23.7 Å². The molecule has 4 rings (SSSR count). The van der Waals surface area contributed by atoms with Crippen molar-refractivity contribution in [1.29, 1.82) is 0 Å². The van der Waals surface area contributed by atoms with E-state index in [4.69, 9.17) is 16.3 Å². The molecule has 0 radical (unpaired) electrons. The number of carbonyl (C=O) groups excluding carboxylic acids is 1. The van der Waals surface area contributed by atoms with Crippen LogP contribution in [0.2, 0.25) is 5.02 Å². The van der Waals surface area contributed by atoms with Gasteiger partial charge >= 0.3 is 0 Å². The third-order valence-corrected chi connectivity index (χ3v) is 6.03. The lowest BCUT2D eigenvalue weighted by atomic mass is 9.97. The van der Waals surface area contributed by atoms with Crippen LogP contribution in [-0.2, 0) is 13.0 Å². The van der Waals surface area contributed by atoms with Gasteiger partial charge in [-0.2, -0.15) is 5.10 Å². The summed E-state index contributed by atoms with van der Waals surface area (Å²) in [6.07, 6.45) is 8.56. The lowest BCUT2D eigenvalue weighted by molar-refractivity contribution is 0.111. The Morgan fingerprint density at radius 2 is 1.88 bits per heavy atom. The maximum absolute atomic E-state index is 11.8. The van der Waals surface area contributed by atoms with Crippen molar-refractivity contribution in [3.63, 3.8) is 0 Å². The van der Waals surface area contributed by atoms with Crippen LogP contribution in [0.3, 0.4) is 0 Å². The molecule has 2 aromatic heterocycles. The molecule has 0 amide bonds. The van der Waals surface area contributed by atoms with Gasteiger partial charge in [-0.3, -0.25) is 9.69 Å². The Morgan fingerprint density at radius 1 is 1.12 bits per heavy atom. The van der Waals surface area contributed by atoms with Crippen LogP contribution < -0.4 is 4.74 Å². The molecule has 0 saturated heterocycles. The second kappa shape index (κ2) is 11.0. The normalized spacial score (nSPS) is 11.1. The number of benzene rings is 2. The molecular weight excluding hydrogens is 450 g/mol. The first-order chi connectivity index (χ1) is 16.5. The molecule has 0 N–H and O–H groups in total. The molecule has 0 atom stereocenters. The van der Waals surface area contributed by atoms with E-state index in [1.165, 1.54) is 0 Å². The first kappa shape index (κ1) is 23.6. The van der Waals surface area contributed by atoms with E-state index < -0.39 is 0 Å². The molecule has 0 saturated carbocycles. The van der Waals surface area contributed by atoms with E-state index >= 15 is 0 Å². The van der Waals surface area contributed by atoms with Gasteiger partial charge in [0.2, 0.25) is 0 Å². The molecule has 174 valence electrons. The average Bonchev–Trinajstić information content (AvgIpc) is 3.39. The number of ether oxygens (including phenoxy) is 1. The molecule has 0 aliphatic rings. The molecular formula is C26H26ClN5O2. The van der Waals surface area contributed by atoms with Crippen molar-refractivity contribution in [3.8, 4) is 11.4 Å². The third kappa shape index (κ3) is 5.68. The summed E-state index contributed by atoms with van der Waals surface area (Å²) in [5.74, 6) is 1.17. The van der Waals surface area contributed by atoms with Crippen LogP contribution in [0.1, 0.15) is 32.9 Å². The third-order valence-electron chi connectivity index (χ3n) is 5.58. The molecule has 0 spiro atoms. The second-order valence-electron chi connectivity index (χ2n) is 8.06. The molecule has 4 aromatic rings. The Balaban J connectivity index is 1.42. The summed E-state index contributed by atoms with van der Waals surface area (Å²) < 4.78 is 7.77. The summed E-state index contributed by atoms with van der Waals surface area (Å²) in [5, 5.41) is 4.73. The number of likely N-dealkylation sites (N-methyl/N-ethyl adjacent to an activating group) is 1. The lowest BCUT2D eigenvalue weighted by Gasteiger charge is -2.19. The van der Waals surface area contributed by atoms with Gasteiger partial charge in [0, 0.05) is 31.3 Å². The minimum atomic E-state index is 0.386. The second-order valence-corrected chi connectivity index (χ2v) is 8.43. The summed E-state index contributed by atoms with van der Waals surface area (Å²) in [4.78, 5) is 22.4. The number of rotatable bonds is 10. The van der Waals surface area contributed by atoms with Crippen LogP contribution in [-0.4, -0.2) is 51.1 Å². The summed E-state index contributed by atoms with van der Waals surface area (Å²) in [6, 6.07) is 13.7. The molecule has 2 heterocycles. The SMILES string of the molecule is Cc1c(Cc2ccc(-n3cccn3)cc2)cc(C=O)c(OCCN(C)Cc2ncccn2)c1Cl. The van der Waals surface area contributed by atoms with Gasteiger partial charge in [0.1, 0.15) is 18.2 Å². The highest BCUT2D eigenvalue weighted by Crippen LogP contribution is 2.34. The van der Waals surface area contributed by atoms with E-state index in [2.05, 4.69) is 32.1 Å². The first-order valence-electron chi connectivity index (χ1n) is 11.0. The van der Waals surface area contributed by atoms with E-state index in [9.17, 15) is 4.79 Å². The van der Waals surface area contributed by atoms with E-state index in [1.807, 2.05) is 49.1 Å². The van der Waals surface area contributed by atoms with Crippen molar-refractivity contribution < 1.29 is 9.53 Å². The Labute approximate surface area is 204 Å². The van der Waals surface area contributed by atoms with Crippen LogP contribution in [0.5, 0.6) is 5.75 Å². The van der Waals surface area contributed by atoms with Crippen molar-refractivity contribution in [2.24, 2.45) is 0 Å². The fourth-order valence-electron chi connectivity index (χ4n) is 3.66. The molecule has 0 fully saturated rings. The zero-order valence-corrected chi connectivity index (χ0v) is 19.9. The molecule has 2 aromatic carbocycles. The molecule has 0 aliphatic carbocycles. The van der Waals surface area contributed by atoms with E-state index in [-0.39, 0.29) is 0 Å². The number of aldehydes is 1. The number of nitrogens with zero attached hydrogens (tertiary/aromatic N) is 5. The minimum absolute atomic E-state index is 0.386. The Bertz CT molecular complexity index is 1230. The van der Waals surface area contributed by atoms with E-state index in [0.717, 1.165) is 34.5 Å². The van der Waals surface area contributed by atoms with Gasteiger partial charge in [-0.05, 0) is 67.4 Å². The van der Waals surface area contributed by atoms with Gasteiger partial charge in [0.15, 0.2) is 6.29 Å². The quantitative estimate of drug-likeness (QED) is 0.313. The fraction of sp³-hybridized carbons (Fsp3) is 0.231. The van der Waals surface area contributed by atoms with Gasteiger partial charge in [0.25, 0.3) is 0 Å². The number of carbonyl (C=O) groups is 1. The van der Waals surface area contributed by atoms with Crippen molar-refractivity contribution in [3.05, 3.63) is 100 Å². The summed E-state index contributed by atoms with van der Waals surface area (Å²) >= 11 is 6.66. The zero-order valence-electron chi connectivity index (χ0n) is 19.2. The number of hydrogen-bond donors (Lipinski definition) is 0. The van der Waals surface area contributed by atoms with Crippen molar-refractivity contribution in [2.75, 3.05) is 20.2 Å².